The minimum absolute atomic E-state index is 0.00740. The molecule has 0 spiro atoms. The fourth-order valence-corrected chi connectivity index (χ4v) is 2.69. The minimum atomic E-state index is -0.135. The molecule has 0 saturated heterocycles. The van der Waals surface area contributed by atoms with Gasteiger partial charge in [-0.05, 0) is 43.5 Å². The van der Waals surface area contributed by atoms with Gasteiger partial charge in [-0.25, -0.2) is 0 Å². The Morgan fingerprint density at radius 3 is 2.54 bits per heavy atom. The van der Waals surface area contributed by atoms with E-state index in [9.17, 15) is 4.79 Å². The van der Waals surface area contributed by atoms with Gasteiger partial charge in [0.1, 0.15) is 11.5 Å². The van der Waals surface area contributed by atoms with E-state index in [-0.39, 0.29) is 18.6 Å². The Bertz CT molecular complexity index is 697. The van der Waals surface area contributed by atoms with Crippen LogP contribution in [0.1, 0.15) is 36.1 Å². The molecule has 0 saturated carbocycles. The van der Waals surface area contributed by atoms with Gasteiger partial charge in [0, 0.05) is 6.07 Å². The van der Waals surface area contributed by atoms with E-state index >= 15 is 0 Å². The SMILES string of the molecule is CC[C@H](NC(=O)COc1cccc(OC)c1)c1ccc(C)cc1C. The van der Waals surface area contributed by atoms with Gasteiger partial charge in [0.2, 0.25) is 0 Å². The summed E-state index contributed by atoms with van der Waals surface area (Å²) >= 11 is 0. The van der Waals surface area contributed by atoms with E-state index < -0.39 is 0 Å². The number of amides is 1. The highest BCUT2D eigenvalue weighted by Crippen LogP contribution is 2.22. The first kappa shape index (κ1) is 17.9. The van der Waals surface area contributed by atoms with Gasteiger partial charge >= 0.3 is 0 Å². The van der Waals surface area contributed by atoms with Gasteiger partial charge in [-0.3, -0.25) is 4.79 Å². The summed E-state index contributed by atoms with van der Waals surface area (Å²) in [7, 11) is 1.60. The summed E-state index contributed by atoms with van der Waals surface area (Å²) in [6.45, 7) is 6.18. The first-order chi connectivity index (χ1) is 11.5. The molecule has 2 rings (SSSR count). The zero-order valence-corrected chi connectivity index (χ0v) is 14.8. The highest BCUT2D eigenvalue weighted by Gasteiger charge is 2.15. The molecule has 128 valence electrons. The van der Waals surface area contributed by atoms with Crippen molar-refractivity contribution >= 4 is 5.91 Å². The Morgan fingerprint density at radius 2 is 1.88 bits per heavy atom. The lowest BCUT2D eigenvalue weighted by atomic mass is 9.97. The molecular weight excluding hydrogens is 302 g/mol. The monoisotopic (exact) mass is 327 g/mol. The number of carbonyl (C=O) groups is 1. The van der Waals surface area contributed by atoms with Gasteiger partial charge in [0.15, 0.2) is 6.61 Å². The molecular formula is C20H25NO3. The number of methoxy groups -OCH3 is 1. The molecule has 1 N–H and O–H groups in total. The molecule has 0 aliphatic heterocycles. The van der Waals surface area contributed by atoms with Gasteiger partial charge in [0.05, 0.1) is 13.2 Å². The van der Waals surface area contributed by atoms with Crippen LogP contribution in [0.3, 0.4) is 0 Å². The Balaban J connectivity index is 1.96. The highest BCUT2D eigenvalue weighted by molar-refractivity contribution is 5.78. The van der Waals surface area contributed by atoms with Crippen molar-refractivity contribution in [3.05, 3.63) is 59.2 Å². The molecule has 1 atom stereocenters. The number of carbonyl (C=O) groups excluding carboxylic acids is 1. The molecule has 24 heavy (non-hydrogen) atoms. The Morgan fingerprint density at radius 1 is 1.12 bits per heavy atom. The van der Waals surface area contributed by atoms with Crippen LogP contribution in [0.2, 0.25) is 0 Å². The molecule has 2 aromatic rings. The van der Waals surface area contributed by atoms with E-state index in [4.69, 9.17) is 9.47 Å². The number of hydrogen-bond acceptors (Lipinski definition) is 3. The Labute approximate surface area is 143 Å². The van der Waals surface area contributed by atoms with Crippen molar-refractivity contribution < 1.29 is 14.3 Å². The predicted molar refractivity (Wildman–Crippen MR) is 95.6 cm³/mol. The summed E-state index contributed by atoms with van der Waals surface area (Å²) in [6.07, 6.45) is 0.828. The normalized spacial score (nSPS) is 11.7. The van der Waals surface area contributed by atoms with Crippen LogP contribution >= 0.6 is 0 Å². The molecule has 0 aromatic heterocycles. The lowest BCUT2D eigenvalue weighted by Crippen LogP contribution is -2.32. The summed E-state index contributed by atoms with van der Waals surface area (Å²) in [6, 6.07) is 13.5. The molecule has 0 aliphatic carbocycles. The number of hydrogen-bond donors (Lipinski definition) is 1. The molecule has 0 aliphatic rings. The predicted octanol–water partition coefficient (Wildman–Crippen LogP) is 3.96. The van der Waals surface area contributed by atoms with Crippen molar-refractivity contribution in [2.45, 2.75) is 33.2 Å². The quantitative estimate of drug-likeness (QED) is 0.837. The molecule has 4 nitrogen and oxygen atoms in total. The van der Waals surface area contributed by atoms with Gasteiger partial charge in [-0.2, -0.15) is 0 Å². The molecule has 0 heterocycles. The summed E-state index contributed by atoms with van der Waals surface area (Å²) < 4.78 is 10.7. The van der Waals surface area contributed by atoms with Crippen LogP contribution < -0.4 is 14.8 Å². The number of ether oxygens (including phenoxy) is 2. The third-order valence-electron chi connectivity index (χ3n) is 3.96. The second-order valence-electron chi connectivity index (χ2n) is 5.86. The van der Waals surface area contributed by atoms with Crippen LogP contribution in [0.25, 0.3) is 0 Å². The van der Waals surface area contributed by atoms with Crippen molar-refractivity contribution in [3.8, 4) is 11.5 Å². The van der Waals surface area contributed by atoms with E-state index in [0.29, 0.717) is 11.5 Å². The third-order valence-corrected chi connectivity index (χ3v) is 3.96. The number of aryl methyl sites for hydroxylation is 2. The fraction of sp³-hybridized carbons (Fsp3) is 0.350. The lowest BCUT2D eigenvalue weighted by Gasteiger charge is -2.20. The molecule has 0 fully saturated rings. The summed E-state index contributed by atoms with van der Waals surface area (Å²) in [5.74, 6) is 1.18. The fourth-order valence-electron chi connectivity index (χ4n) is 2.69. The smallest absolute Gasteiger partial charge is 0.258 e. The molecule has 1 amide bonds. The van der Waals surface area contributed by atoms with Crippen molar-refractivity contribution in [2.24, 2.45) is 0 Å². The van der Waals surface area contributed by atoms with Gasteiger partial charge in [-0.15, -0.1) is 0 Å². The largest absolute Gasteiger partial charge is 0.497 e. The average Bonchev–Trinajstić information content (AvgIpc) is 2.58. The number of nitrogens with one attached hydrogen (secondary N) is 1. The molecule has 0 radical (unpaired) electrons. The van der Waals surface area contributed by atoms with Crippen molar-refractivity contribution in [3.63, 3.8) is 0 Å². The molecule has 0 unspecified atom stereocenters. The average molecular weight is 327 g/mol. The second kappa shape index (κ2) is 8.39. The maximum absolute atomic E-state index is 12.2. The zero-order valence-electron chi connectivity index (χ0n) is 14.8. The van der Waals surface area contributed by atoms with Crippen molar-refractivity contribution in [2.75, 3.05) is 13.7 Å². The number of benzene rings is 2. The van der Waals surface area contributed by atoms with Crippen LogP contribution in [-0.4, -0.2) is 19.6 Å². The maximum atomic E-state index is 12.2. The number of rotatable bonds is 7. The van der Waals surface area contributed by atoms with E-state index in [1.165, 1.54) is 11.1 Å². The maximum Gasteiger partial charge on any atom is 0.258 e. The summed E-state index contributed by atoms with van der Waals surface area (Å²) in [4.78, 5) is 12.2. The van der Waals surface area contributed by atoms with E-state index in [0.717, 1.165) is 12.0 Å². The minimum Gasteiger partial charge on any atom is -0.497 e. The zero-order chi connectivity index (χ0) is 17.5. The van der Waals surface area contributed by atoms with Crippen molar-refractivity contribution in [1.29, 1.82) is 0 Å². The van der Waals surface area contributed by atoms with Crippen LogP contribution in [0.4, 0.5) is 0 Å². The Kier molecular flexibility index (Phi) is 6.24. The Hall–Kier alpha value is -2.49. The van der Waals surface area contributed by atoms with E-state index in [1.54, 1.807) is 19.2 Å². The lowest BCUT2D eigenvalue weighted by molar-refractivity contribution is -0.123. The van der Waals surface area contributed by atoms with Gasteiger partial charge in [0.25, 0.3) is 5.91 Å². The van der Waals surface area contributed by atoms with Crippen LogP contribution in [0.5, 0.6) is 11.5 Å². The topological polar surface area (TPSA) is 47.6 Å². The second-order valence-corrected chi connectivity index (χ2v) is 5.86. The van der Waals surface area contributed by atoms with E-state index in [1.807, 2.05) is 12.1 Å². The van der Waals surface area contributed by atoms with Gasteiger partial charge in [-0.1, -0.05) is 36.8 Å². The standard InChI is InChI=1S/C20H25NO3/c1-5-19(18-10-9-14(2)11-15(18)3)21-20(22)13-24-17-8-6-7-16(12-17)23-4/h6-12,19H,5,13H2,1-4H3,(H,21,22)/t19-/m0/s1. The van der Waals surface area contributed by atoms with Crippen LogP contribution in [0.15, 0.2) is 42.5 Å². The van der Waals surface area contributed by atoms with Crippen LogP contribution in [0, 0.1) is 13.8 Å². The van der Waals surface area contributed by atoms with Crippen LogP contribution in [-0.2, 0) is 4.79 Å². The molecule has 4 heteroatoms. The van der Waals surface area contributed by atoms with Crippen molar-refractivity contribution in [1.82, 2.24) is 5.32 Å². The first-order valence-corrected chi connectivity index (χ1v) is 8.16. The third kappa shape index (κ3) is 4.75. The first-order valence-electron chi connectivity index (χ1n) is 8.16. The van der Waals surface area contributed by atoms with E-state index in [2.05, 4.69) is 44.3 Å². The highest BCUT2D eigenvalue weighted by atomic mass is 16.5. The van der Waals surface area contributed by atoms with Gasteiger partial charge < -0.3 is 14.8 Å². The molecule has 0 bridgehead atoms. The summed E-state index contributed by atoms with van der Waals surface area (Å²) in [5, 5.41) is 3.05. The molecule has 2 aromatic carbocycles. The summed E-state index contributed by atoms with van der Waals surface area (Å²) in [5.41, 5.74) is 3.56.